The molecular weight excluding hydrogens is 412 g/mol. The molecule has 3 aliphatic rings. The van der Waals surface area contributed by atoms with Gasteiger partial charge in [-0.2, -0.15) is 4.98 Å². The first kappa shape index (κ1) is 20.1. The van der Waals surface area contributed by atoms with Crippen molar-refractivity contribution in [3.8, 4) is 12.3 Å². The van der Waals surface area contributed by atoms with E-state index in [1.54, 1.807) is 12.4 Å². The van der Waals surface area contributed by atoms with Gasteiger partial charge in [-0.05, 0) is 24.8 Å². The van der Waals surface area contributed by atoms with Crippen molar-refractivity contribution in [2.24, 2.45) is 0 Å². The van der Waals surface area contributed by atoms with E-state index in [1.165, 1.54) is 0 Å². The summed E-state index contributed by atoms with van der Waals surface area (Å²) < 4.78 is 18.0. The summed E-state index contributed by atoms with van der Waals surface area (Å²) in [5, 5.41) is 3.53. The van der Waals surface area contributed by atoms with Crippen LogP contribution in [0.5, 0.6) is 0 Å². The first-order chi connectivity index (χ1) is 15.2. The smallest absolute Gasteiger partial charge is 0.227 e. The van der Waals surface area contributed by atoms with Crippen molar-refractivity contribution in [2.75, 3.05) is 42.3 Å². The van der Waals surface area contributed by atoms with Crippen LogP contribution in [0.4, 0.5) is 11.8 Å². The molecule has 0 spiro atoms. The van der Waals surface area contributed by atoms with Gasteiger partial charge in [-0.25, -0.2) is 15.0 Å². The fourth-order valence-electron chi connectivity index (χ4n) is 4.08. The lowest BCUT2D eigenvalue weighted by molar-refractivity contribution is 0.0903. The Morgan fingerprint density at radius 2 is 2.00 bits per heavy atom. The minimum Gasteiger partial charge on any atom is -0.381 e. The van der Waals surface area contributed by atoms with Crippen LogP contribution < -0.4 is 10.2 Å². The van der Waals surface area contributed by atoms with Crippen LogP contribution in [0, 0.1) is 12.3 Å². The summed E-state index contributed by atoms with van der Waals surface area (Å²) in [7, 11) is -1.04. The van der Waals surface area contributed by atoms with Crippen molar-refractivity contribution in [3.05, 3.63) is 35.6 Å². The zero-order chi connectivity index (χ0) is 21.2. The number of aryl methyl sites for hydroxylation is 1. The predicted molar refractivity (Wildman–Crippen MR) is 119 cm³/mol. The molecule has 0 radical (unpaired) electrons. The van der Waals surface area contributed by atoms with Crippen molar-refractivity contribution in [1.82, 2.24) is 19.9 Å². The normalized spacial score (nSPS) is 21.3. The van der Waals surface area contributed by atoms with Crippen molar-refractivity contribution in [1.29, 1.82) is 0 Å². The number of nitrogens with one attached hydrogen (secondary N) is 1. The van der Waals surface area contributed by atoms with Crippen LogP contribution in [0.1, 0.15) is 36.3 Å². The Kier molecular flexibility index (Phi) is 5.66. The molecule has 0 amide bonds. The topological polar surface area (TPSA) is 93.1 Å². The standard InChI is InChI=1S/C22H24N6O2S/c1-2-15-13-23-20(24-14-15)16-3-8-28(9-4-16)22-26-18-7-12-31(29)19(18)21(27-22)25-17-5-10-30-11-6-17/h1,3,13-14,17H,4-12H2,(H,25,26,27)/t31-/m1/s1. The second-order valence-corrected chi connectivity index (χ2v) is 9.35. The van der Waals surface area contributed by atoms with E-state index in [-0.39, 0.29) is 6.04 Å². The third-order valence-corrected chi connectivity index (χ3v) is 7.29. The maximum atomic E-state index is 12.6. The van der Waals surface area contributed by atoms with Gasteiger partial charge < -0.3 is 15.0 Å². The lowest BCUT2D eigenvalue weighted by atomic mass is 10.1. The first-order valence-corrected chi connectivity index (χ1v) is 11.9. The number of nitrogens with zero attached hydrogens (tertiary/aromatic N) is 5. The fourth-order valence-corrected chi connectivity index (χ4v) is 5.39. The summed E-state index contributed by atoms with van der Waals surface area (Å²) in [6, 6.07) is 0.286. The number of rotatable bonds is 4. The second-order valence-electron chi connectivity index (χ2n) is 7.84. The van der Waals surface area contributed by atoms with Gasteiger partial charge in [0.05, 0.1) is 22.1 Å². The highest BCUT2D eigenvalue weighted by Gasteiger charge is 2.29. The SMILES string of the molecule is C#Cc1cnc(C2=CCN(c3nc4c(c(NC5CCOCC5)n3)[S@](=O)CC4)CC2)nc1. The molecule has 0 unspecified atom stereocenters. The highest BCUT2D eigenvalue weighted by molar-refractivity contribution is 7.85. The van der Waals surface area contributed by atoms with Crippen LogP contribution in [0.2, 0.25) is 0 Å². The number of aromatic nitrogens is 4. The second kappa shape index (κ2) is 8.73. The zero-order valence-corrected chi connectivity index (χ0v) is 18.0. The van der Waals surface area contributed by atoms with E-state index in [1.807, 2.05) is 0 Å². The highest BCUT2D eigenvalue weighted by atomic mass is 32.2. The Morgan fingerprint density at radius 3 is 2.71 bits per heavy atom. The van der Waals surface area contributed by atoms with Gasteiger partial charge in [0.2, 0.25) is 5.95 Å². The third kappa shape index (κ3) is 4.18. The van der Waals surface area contributed by atoms with E-state index >= 15 is 0 Å². The van der Waals surface area contributed by atoms with E-state index in [0.717, 1.165) is 67.4 Å². The number of fused-ring (bicyclic) bond motifs is 1. The number of hydrogen-bond acceptors (Lipinski definition) is 8. The Labute approximate surface area is 184 Å². The molecule has 1 N–H and O–H groups in total. The molecular formula is C22H24N6O2S. The summed E-state index contributed by atoms with van der Waals surface area (Å²) in [5.74, 6) is 5.28. The van der Waals surface area contributed by atoms with Crippen LogP contribution in [-0.2, 0) is 22.0 Å². The molecule has 0 aliphatic carbocycles. The van der Waals surface area contributed by atoms with Gasteiger partial charge in [-0.15, -0.1) is 6.42 Å². The van der Waals surface area contributed by atoms with Gasteiger partial charge in [0, 0.05) is 56.9 Å². The number of hydrogen-bond donors (Lipinski definition) is 1. The summed E-state index contributed by atoms with van der Waals surface area (Å²) in [5.41, 5.74) is 2.68. The monoisotopic (exact) mass is 436 g/mol. The maximum Gasteiger partial charge on any atom is 0.227 e. The molecule has 2 aromatic rings. The van der Waals surface area contributed by atoms with Crippen LogP contribution >= 0.6 is 0 Å². The fraction of sp³-hybridized carbons (Fsp3) is 0.455. The molecule has 0 bridgehead atoms. The van der Waals surface area contributed by atoms with Crippen molar-refractivity contribution in [2.45, 2.75) is 36.6 Å². The summed E-state index contributed by atoms with van der Waals surface area (Å²) in [6.07, 6.45) is 14.2. The molecule has 9 heteroatoms. The molecule has 1 saturated heterocycles. The van der Waals surface area contributed by atoms with Crippen LogP contribution in [0.15, 0.2) is 23.4 Å². The molecule has 1 fully saturated rings. The third-order valence-electron chi connectivity index (χ3n) is 5.84. The molecule has 0 aromatic carbocycles. The molecule has 1 atom stereocenters. The van der Waals surface area contributed by atoms with E-state index < -0.39 is 10.8 Å². The minimum atomic E-state index is -1.04. The molecule has 5 rings (SSSR count). The largest absolute Gasteiger partial charge is 0.381 e. The molecule has 3 aliphatic heterocycles. The lowest BCUT2D eigenvalue weighted by Gasteiger charge is -2.28. The molecule has 160 valence electrons. The average molecular weight is 437 g/mol. The van der Waals surface area contributed by atoms with Crippen molar-refractivity contribution < 1.29 is 8.95 Å². The number of anilines is 2. The Morgan fingerprint density at radius 1 is 1.19 bits per heavy atom. The van der Waals surface area contributed by atoms with Gasteiger partial charge in [0.25, 0.3) is 0 Å². The number of ether oxygens (including phenoxy) is 1. The van der Waals surface area contributed by atoms with Gasteiger partial charge in [0.15, 0.2) is 5.82 Å². The van der Waals surface area contributed by atoms with E-state index in [0.29, 0.717) is 29.6 Å². The first-order valence-electron chi connectivity index (χ1n) is 10.6. The molecule has 0 saturated carbocycles. The Hall–Kier alpha value is -2.83. The van der Waals surface area contributed by atoms with Crippen LogP contribution in [-0.4, -0.2) is 62.2 Å². The van der Waals surface area contributed by atoms with E-state index in [9.17, 15) is 4.21 Å². The van der Waals surface area contributed by atoms with Gasteiger partial charge in [0.1, 0.15) is 10.7 Å². The van der Waals surface area contributed by atoms with Crippen molar-refractivity contribution >= 4 is 28.1 Å². The summed E-state index contributed by atoms with van der Waals surface area (Å²) in [6.45, 7) is 2.93. The van der Waals surface area contributed by atoms with Crippen molar-refractivity contribution in [3.63, 3.8) is 0 Å². The predicted octanol–water partition coefficient (Wildman–Crippen LogP) is 1.80. The number of terminal acetylenes is 1. The van der Waals surface area contributed by atoms with Gasteiger partial charge >= 0.3 is 0 Å². The summed E-state index contributed by atoms with van der Waals surface area (Å²) >= 11 is 0. The van der Waals surface area contributed by atoms with Crippen LogP contribution in [0.25, 0.3) is 5.57 Å². The van der Waals surface area contributed by atoms with E-state index in [4.69, 9.17) is 21.1 Å². The van der Waals surface area contributed by atoms with Gasteiger partial charge in [-0.3, -0.25) is 4.21 Å². The average Bonchev–Trinajstić information content (AvgIpc) is 3.21. The van der Waals surface area contributed by atoms with E-state index in [2.05, 4.69) is 32.2 Å². The minimum absolute atomic E-state index is 0.286. The zero-order valence-electron chi connectivity index (χ0n) is 17.2. The van der Waals surface area contributed by atoms with Crippen LogP contribution in [0.3, 0.4) is 0 Å². The molecule has 5 heterocycles. The summed E-state index contributed by atoms with van der Waals surface area (Å²) in [4.78, 5) is 21.3. The highest BCUT2D eigenvalue weighted by Crippen LogP contribution is 2.32. The molecule has 8 nitrogen and oxygen atoms in total. The van der Waals surface area contributed by atoms with Gasteiger partial charge in [-0.1, -0.05) is 12.0 Å². The Bertz CT molecular complexity index is 1070. The molecule has 2 aromatic heterocycles. The Balaban J connectivity index is 1.38. The molecule has 31 heavy (non-hydrogen) atoms. The maximum absolute atomic E-state index is 12.6. The quantitative estimate of drug-likeness (QED) is 0.726. The lowest BCUT2D eigenvalue weighted by Crippen LogP contribution is -2.32.